The van der Waals surface area contributed by atoms with Crippen LogP contribution in [0, 0.1) is 0 Å². The highest BCUT2D eigenvalue weighted by molar-refractivity contribution is 7.09. The van der Waals surface area contributed by atoms with Crippen LogP contribution in [0.5, 0.6) is 5.75 Å². The summed E-state index contributed by atoms with van der Waals surface area (Å²) in [7, 11) is 0. The number of ether oxygens (including phenoxy) is 2. The van der Waals surface area contributed by atoms with E-state index in [0.717, 1.165) is 9.91 Å². The van der Waals surface area contributed by atoms with E-state index in [1.54, 1.807) is 53.9 Å². The molecule has 30 heavy (non-hydrogen) atoms. The summed E-state index contributed by atoms with van der Waals surface area (Å²) in [5.74, 6) is -1.01. The van der Waals surface area contributed by atoms with Gasteiger partial charge >= 0.3 is 5.97 Å². The van der Waals surface area contributed by atoms with Gasteiger partial charge in [0.2, 0.25) is 0 Å². The third-order valence-electron chi connectivity index (χ3n) is 4.32. The van der Waals surface area contributed by atoms with Crippen molar-refractivity contribution >= 4 is 40.7 Å². The van der Waals surface area contributed by atoms with Gasteiger partial charge < -0.3 is 9.47 Å². The van der Waals surface area contributed by atoms with Gasteiger partial charge in [-0.05, 0) is 36.4 Å². The van der Waals surface area contributed by atoms with Crippen LogP contribution in [0.25, 0.3) is 0 Å². The van der Waals surface area contributed by atoms with Crippen molar-refractivity contribution in [1.29, 1.82) is 0 Å². The average molecular weight is 443 g/mol. The number of hydrogen-bond donors (Lipinski definition) is 0. The molecule has 0 unspecified atom stereocenters. The molecule has 0 fully saturated rings. The van der Waals surface area contributed by atoms with Gasteiger partial charge in [-0.1, -0.05) is 23.7 Å². The molecule has 2 aromatic carbocycles. The highest BCUT2D eigenvalue weighted by Crippen LogP contribution is 2.22. The Bertz CT molecular complexity index is 1080. The van der Waals surface area contributed by atoms with E-state index in [0.29, 0.717) is 27.6 Å². The van der Waals surface area contributed by atoms with E-state index in [1.807, 2.05) is 0 Å². The predicted octanol–water partition coefficient (Wildman–Crippen LogP) is 3.71. The number of hydrogen-bond acceptors (Lipinski definition) is 7. The number of amides is 2. The number of imide groups is 1. The van der Waals surface area contributed by atoms with Crippen LogP contribution < -0.4 is 4.74 Å². The quantitative estimate of drug-likeness (QED) is 0.409. The van der Waals surface area contributed by atoms with Gasteiger partial charge in [-0.3, -0.25) is 19.3 Å². The van der Waals surface area contributed by atoms with Crippen molar-refractivity contribution in [2.24, 2.45) is 0 Å². The largest absolute Gasteiger partial charge is 0.486 e. The van der Waals surface area contributed by atoms with Crippen molar-refractivity contribution in [2.45, 2.75) is 13.2 Å². The van der Waals surface area contributed by atoms with Gasteiger partial charge in [0.1, 0.15) is 30.5 Å². The fourth-order valence-electron chi connectivity index (χ4n) is 2.87. The van der Waals surface area contributed by atoms with Crippen LogP contribution in [0.4, 0.5) is 0 Å². The van der Waals surface area contributed by atoms with Crippen LogP contribution >= 0.6 is 22.9 Å². The molecular formula is C21H15ClN2O5S. The lowest BCUT2D eigenvalue weighted by molar-refractivity contribution is -0.145. The van der Waals surface area contributed by atoms with Crippen LogP contribution in [0.1, 0.15) is 31.4 Å². The molecule has 3 aromatic rings. The maximum absolute atomic E-state index is 12.3. The number of rotatable bonds is 7. The Morgan fingerprint density at radius 2 is 1.67 bits per heavy atom. The maximum atomic E-state index is 12.3. The molecule has 0 radical (unpaired) electrons. The molecule has 0 saturated carbocycles. The van der Waals surface area contributed by atoms with Crippen LogP contribution in [-0.2, 0) is 22.7 Å². The van der Waals surface area contributed by atoms with Gasteiger partial charge in [0, 0.05) is 10.4 Å². The zero-order chi connectivity index (χ0) is 21.1. The molecule has 2 heterocycles. The number of carbonyl (C=O) groups excluding carboxylic acids is 3. The Kier molecular flexibility index (Phi) is 5.78. The molecule has 4 rings (SSSR count). The molecule has 1 aromatic heterocycles. The van der Waals surface area contributed by atoms with Crippen molar-refractivity contribution in [3.05, 3.63) is 80.8 Å². The first-order valence-electron chi connectivity index (χ1n) is 8.94. The summed E-state index contributed by atoms with van der Waals surface area (Å²) in [4.78, 5) is 42.0. The number of thiazole rings is 1. The van der Waals surface area contributed by atoms with Gasteiger partial charge in [-0.25, -0.2) is 4.98 Å². The highest BCUT2D eigenvalue weighted by Gasteiger charge is 2.36. The summed E-state index contributed by atoms with van der Waals surface area (Å²) in [6.07, 6.45) is 0. The second kappa shape index (κ2) is 8.64. The van der Waals surface area contributed by atoms with Crippen molar-refractivity contribution in [3.8, 4) is 5.75 Å². The molecule has 7 nitrogen and oxygen atoms in total. The number of nitrogens with zero attached hydrogens (tertiary/aromatic N) is 2. The zero-order valence-corrected chi connectivity index (χ0v) is 17.1. The number of carbonyl (C=O) groups is 3. The van der Waals surface area contributed by atoms with Crippen molar-refractivity contribution in [1.82, 2.24) is 9.88 Å². The van der Waals surface area contributed by atoms with Gasteiger partial charge in [0.05, 0.1) is 16.8 Å². The normalized spacial score (nSPS) is 12.8. The second-order valence-corrected chi connectivity index (χ2v) is 7.76. The molecule has 0 saturated heterocycles. The minimum absolute atomic E-state index is 0.0561. The fourth-order valence-corrected chi connectivity index (χ4v) is 3.69. The van der Waals surface area contributed by atoms with E-state index >= 15 is 0 Å². The summed E-state index contributed by atoms with van der Waals surface area (Å²) in [6, 6.07) is 13.4. The molecular weight excluding hydrogens is 428 g/mol. The molecule has 1 aliphatic heterocycles. The Hall–Kier alpha value is -3.23. The minimum atomic E-state index is -0.684. The van der Waals surface area contributed by atoms with E-state index in [2.05, 4.69) is 4.98 Å². The van der Waals surface area contributed by atoms with Crippen molar-refractivity contribution < 1.29 is 23.9 Å². The monoisotopic (exact) mass is 442 g/mol. The summed E-state index contributed by atoms with van der Waals surface area (Å²) in [6.45, 7) is -0.224. The third kappa shape index (κ3) is 4.34. The number of esters is 1. The molecule has 0 aliphatic carbocycles. The minimum Gasteiger partial charge on any atom is -0.486 e. The summed E-state index contributed by atoms with van der Waals surface area (Å²) in [5, 5.41) is 3.11. The maximum Gasteiger partial charge on any atom is 0.326 e. The molecule has 2 amide bonds. The molecule has 152 valence electrons. The first kappa shape index (κ1) is 20.1. The molecule has 9 heteroatoms. The summed E-state index contributed by atoms with van der Waals surface area (Å²) < 4.78 is 10.8. The fraction of sp³-hybridized carbons (Fsp3) is 0.143. The van der Waals surface area contributed by atoms with Gasteiger partial charge in [-0.2, -0.15) is 0 Å². The Labute approximate surface area is 180 Å². The van der Waals surface area contributed by atoms with E-state index in [-0.39, 0.29) is 13.2 Å². The molecule has 1 aliphatic rings. The number of aromatic nitrogens is 1. The standard InChI is InChI=1S/C21H15ClN2O5S/c22-13-5-7-15(8-6-13)28-11-18-23-14(12-30-18)10-29-19(25)9-24-20(26)16-3-1-2-4-17(16)21(24)27/h1-8,12H,9-11H2. The van der Waals surface area contributed by atoms with Crippen LogP contribution in [0.2, 0.25) is 5.02 Å². The van der Waals surface area contributed by atoms with Crippen molar-refractivity contribution in [2.75, 3.05) is 6.54 Å². The van der Waals surface area contributed by atoms with Gasteiger partial charge in [-0.15, -0.1) is 11.3 Å². The third-order valence-corrected chi connectivity index (χ3v) is 5.44. The SMILES string of the molecule is O=C(CN1C(=O)c2ccccc2C1=O)OCc1csc(COc2ccc(Cl)cc2)n1. The van der Waals surface area contributed by atoms with Crippen LogP contribution in [-0.4, -0.2) is 34.2 Å². The molecule has 0 N–H and O–H groups in total. The summed E-state index contributed by atoms with van der Waals surface area (Å²) in [5.41, 5.74) is 1.14. The predicted molar refractivity (Wildman–Crippen MR) is 110 cm³/mol. The molecule has 0 bridgehead atoms. The molecule has 0 atom stereocenters. The van der Waals surface area contributed by atoms with Crippen molar-refractivity contribution in [3.63, 3.8) is 0 Å². The first-order chi connectivity index (χ1) is 14.5. The van der Waals surface area contributed by atoms with E-state index in [1.165, 1.54) is 11.3 Å². The lowest BCUT2D eigenvalue weighted by Crippen LogP contribution is -2.35. The topological polar surface area (TPSA) is 85.8 Å². The Morgan fingerprint density at radius 1 is 1.00 bits per heavy atom. The van der Waals surface area contributed by atoms with E-state index in [4.69, 9.17) is 21.1 Å². The van der Waals surface area contributed by atoms with Crippen LogP contribution in [0.3, 0.4) is 0 Å². The Balaban J connectivity index is 1.27. The Morgan fingerprint density at radius 3 is 2.33 bits per heavy atom. The number of halogens is 1. The van der Waals surface area contributed by atoms with Crippen LogP contribution in [0.15, 0.2) is 53.9 Å². The van der Waals surface area contributed by atoms with E-state index in [9.17, 15) is 14.4 Å². The lowest BCUT2D eigenvalue weighted by atomic mass is 10.1. The number of benzene rings is 2. The number of fused-ring (bicyclic) bond motifs is 1. The first-order valence-corrected chi connectivity index (χ1v) is 10.2. The lowest BCUT2D eigenvalue weighted by Gasteiger charge is -2.12. The van der Waals surface area contributed by atoms with Gasteiger partial charge in [0.25, 0.3) is 11.8 Å². The highest BCUT2D eigenvalue weighted by atomic mass is 35.5. The van der Waals surface area contributed by atoms with Gasteiger partial charge in [0.15, 0.2) is 0 Å². The second-order valence-electron chi connectivity index (χ2n) is 6.38. The smallest absolute Gasteiger partial charge is 0.326 e. The molecule has 0 spiro atoms. The average Bonchev–Trinajstić information content (AvgIpc) is 3.31. The zero-order valence-electron chi connectivity index (χ0n) is 15.5. The summed E-state index contributed by atoms with van der Waals surface area (Å²) >= 11 is 7.21. The van der Waals surface area contributed by atoms with E-state index < -0.39 is 24.3 Å².